The van der Waals surface area contributed by atoms with Gasteiger partial charge >= 0.3 is 5.97 Å². The molecule has 1 amide bonds. The van der Waals surface area contributed by atoms with Crippen LogP contribution in [0.4, 0.5) is 0 Å². The van der Waals surface area contributed by atoms with E-state index in [-0.39, 0.29) is 12.6 Å². The SMILES string of the molecule is COc1ccc(CNC(=O)[C@@H](C)OC(=O)c2ccc(OC(C)C)cc2)cc1OC. The maximum atomic E-state index is 12.3. The highest BCUT2D eigenvalue weighted by Gasteiger charge is 2.19. The third-order valence-electron chi connectivity index (χ3n) is 4.03. The molecule has 2 aromatic carbocycles. The van der Waals surface area contributed by atoms with Gasteiger partial charge in [0, 0.05) is 6.54 Å². The van der Waals surface area contributed by atoms with E-state index in [9.17, 15) is 9.59 Å². The molecule has 0 aliphatic heterocycles. The molecule has 0 saturated heterocycles. The highest BCUT2D eigenvalue weighted by Crippen LogP contribution is 2.27. The second-order valence-corrected chi connectivity index (χ2v) is 6.65. The lowest BCUT2D eigenvalue weighted by Gasteiger charge is -2.15. The van der Waals surface area contributed by atoms with Crippen molar-refractivity contribution in [2.75, 3.05) is 14.2 Å². The standard InChI is InChI=1S/C22H27NO6/c1-14(2)28-18-9-7-17(8-10-18)22(25)29-15(3)21(24)23-13-16-6-11-19(26-4)20(12-16)27-5/h6-12,14-15H,13H2,1-5H3,(H,23,24)/t15-/m1/s1. The molecule has 29 heavy (non-hydrogen) atoms. The predicted octanol–water partition coefficient (Wildman–Crippen LogP) is 3.35. The van der Waals surface area contributed by atoms with E-state index in [4.69, 9.17) is 18.9 Å². The Morgan fingerprint density at radius 2 is 1.59 bits per heavy atom. The van der Waals surface area contributed by atoms with Gasteiger partial charge in [-0.1, -0.05) is 6.07 Å². The van der Waals surface area contributed by atoms with Gasteiger partial charge in [-0.2, -0.15) is 0 Å². The molecule has 0 saturated carbocycles. The largest absolute Gasteiger partial charge is 0.493 e. The van der Waals surface area contributed by atoms with Gasteiger partial charge in [0.05, 0.1) is 25.9 Å². The Hall–Kier alpha value is -3.22. The third-order valence-corrected chi connectivity index (χ3v) is 4.03. The second-order valence-electron chi connectivity index (χ2n) is 6.65. The first-order chi connectivity index (χ1) is 13.8. The first-order valence-corrected chi connectivity index (χ1v) is 9.30. The summed E-state index contributed by atoms with van der Waals surface area (Å²) in [6.45, 7) is 5.63. The van der Waals surface area contributed by atoms with Gasteiger partial charge in [-0.25, -0.2) is 4.79 Å². The molecule has 0 radical (unpaired) electrons. The van der Waals surface area contributed by atoms with Gasteiger partial charge in [-0.3, -0.25) is 4.79 Å². The van der Waals surface area contributed by atoms with Crippen molar-refractivity contribution in [2.24, 2.45) is 0 Å². The Balaban J connectivity index is 1.89. The maximum absolute atomic E-state index is 12.3. The van der Waals surface area contributed by atoms with Crippen LogP contribution in [0.3, 0.4) is 0 Å². The highest BCUT2D eigenvalue weighted by atomic mass is 16.5. The van der Waals surface area contributed by atoms with E-state index in [2.05, 4.69) is 5.32 Å². The Morgan fingerprint density at radius 3 is 2.17 bits per heavy atom. The summed E-state index contributed by atoms with van der Waals surface area (Å²) in [4.78, 5) is 24.5. The van der Waals surface area contributed by atoms with E-state index >= 15 is 0 Å². The molecule has 0 aliphatic rings. The summed E-state index contributed by atoms with van der Waals surface area (Å²) in [5.41, 5.74) is 1.18. The monoisotopic (exact) mass is 401 g/mol. The second kappa shape index (κ2) is 10.4. The lowest BCUT2D eigenvalue weighted by molar-refractivity contribution is -0.129. The molecule has 0 aromatic heterocycles. The van der Waals surface area contributed by atoms with Crippen LogP contribution in [0.5, 0.6) is 17.2 Å². The lowest BCUT2D eigenvalue weighted by Crippen LogP contribution is -2.35. The minimum Gasteiger partial charge on any atom is -0.493 e. The summed E-state index contributed by atoms with van der Waals surface area (Å²) in [6.07, 6.45) is -0.892. The Labute approximate surface area is 170 Å². The maximum Gasteiger partial charge on any atom is 0.338 e. The minimum atomic E-state index is -0.936. The Morgan fingerprint density at radius 1 is 0.931 bits per heavy atom. The van der Waals surface area contributed by atoms with E-state index < -0.39 is 18.0 Å². The zero-order valence-electron chi connectivity index (χ0n) is 17.4. The van der Waals surface area contributed by atoms with Crippen LogP contribution in [-0.2, 0) is 16.1 Å². The van der Waals surface area contributed by atoms with E-state index in [1.807, 2.05) is 19.9 Å². The van der Waals surface area contributed by atoms with Gasteiger partial charge in [0.2, 0.25) is 0 Å². The van der Waals surface area contributed by atoms with Gasteiger partial charge < -0.3 is 24.3 Å². The summed E-state index contributed by atoms with van der Waals surface area (Å²) in [6, 6.07) is 11.9. The van der Waals surface area contributed by atoms with E-state index in [0.29, 0.717) is 22.8 Å². The number of benzene rings is 2. The first kappa shape index (κ1) is 22.1. The average molecular weight is 401 g/mol. The third kappa shape index (κ3) is 6.41. The number of hydrogen-bond donors (Lipinski definition) is 1. The molecule has 2 rings (SSSR count). The molecule has 156 valence electrons. The van der Waals surface area contributed by atoms with Crippen molar-refractivity contribution in [3.05, 3.63) is 53.6 Å². The van der Waals surface area contributed by atoms with Crippen molar-refractivity contribution >= 4 is 11.9 Å². The number of ether oxygens (including phenoxy) is 4. The smallest absolute Gasteiger partial charge is 0.338 e. The van der Waals surface area contributed by atoms with Gasteiger partial charge in [-0.15, -0.1) is 0 Å². The Bertz CT molecular complexity index is 832. The van der Waals surface area contributed by atoms with Crippen LogP contribution < -0.4 is 19.5 Å². The molecule has 7 heteroatoms. The van der Waals surface area contributed by atoms with Crippen molar-refractivity contribution in [3.63, 3.8) is 0 Å². The fourth-order valence-corrected chi connectivity index (χ4v) is 2.55. The number of methoxy groups -OCH3 is 2. The molecule has 0 aliphatic carbocycles. The molecular formula is C22H27NO6. The average Bonchev–Trinajstić information content (AvgIpc) is 2.71. The van der Waals surface area contributed by atoms with Crippen LogP contribution in [0.2, 0.25) is 0 Å². The highest BCUT2D eigenvalue weighted by molar-refractivity contribution is 5.92. The minimum absolute atomic E-state index is 0.0437. The predicted molar refractivity (Wildman–Crippen MR) is 108 cm³/mol. The van der Waals surface area contributed by atoms with Crippen LogP contribution in [-0.4, -0.2) is 38.3 Å². The quantitative estimate of drug-likeness (QED) is 0.649. The number of carbonyl (C=O) groups excluding carboxylic acids is 2. The fraction of sp³-hybridized carbons (Fsp3) is 0.364. The van der Waals surface area contributed by atoms with Crippen LogP contribution in [0, 0.1) is 0 Å². The molecule has 0 unspecified atom stereocenters. The van der Waals surface area contributed by atoms with Gasteiger partial charge in [0.15, 0.2) is 17.6 Å². The topological polar surface area (TPSA) is 83.1 Å². The Kier molecular flexibility index (Phi) is 7.88. The first-order valence-electron chi connectivity index (χ1n) is 9.30. The summed E-state index contributed by atoms with van der Waals surface area (Å²) in [5.74, 6) is 0.873. The molecule has 2 aromatic rings. The van der Waals surface area contributed by atoms with E-state index in [1.54, 1.807) is 50.6 Å². The molecule has 1 atom stereocenters. The number of esters is 1. The van der Waals surface area contributed by atoms with Crippen LogP contribution in [0.1, 0.15) is 36.7 Å². The zero-order valence-corrected chi connectivity index (χ0v) is 17.4. The van der Waals surface area contributed by atoms with Crippen LogP contribution >= 0.6 is 0 Å². The zero-order chi connectivity index (χ0) is 21.4. The van der Waals surface area contributed by atoms with E-state index in [1.165, 1.54) is 6.92 Å². The van der Waals surface area contributed by atoms with Crippen molar-refractivity contribution in [1.82, 2.24) is 5.32 Å². The summed E-state index contributed by atoms with van der Waals surface area (Å²) < 4.78 is 21.2. The number of carbonyl (C=O) groups is 2. The molecule has 0 spiro atoms. The fourth-order valence-electron chi connectivity index (χ4n) is 2.55. The van der Waals surface area contributed by atoms with Crippen molar-refractivity contribution < 1.29 is 28.5 Å². The number of amides is 1. The molecule has 0 fully saturated rings. The lowest BCUT2D eigenvalue weighted by atomic mass is 10.2. The van der Waals surface area contributed by atoms with Crippen molar-refractivity contribution in [2.45, 2.75) is 39.5 Å². The molecule has 1 N–H and O–H groups in total. The van der Waals surface area contributed by atoms with Gasteiger partial charge in [0.1, 0.15) is 5.75 Å². The normalized spacial score (nSPS) is 11.5. The van der Waals surface area contributed by atoms with Crippen molar-refractivity contribution in [3.8, 4) is 17.2 Å². The molecule has 0 bridgehead atoms. The summed E-state index contributed by atoms with van der Waals surface area (Å²) >= 11 is 0. The number of hydrogen-bond acceptors (Lipinski definition) is 6. The van der Waals surface area contributed by atoms with Crippen molar-refractivity contribution in [1.29, 1.82) is 0 Å². The number of nitrogens with one attached hydrogen (secondary N) is 1. The van der Waals surface area contributed by atoms with Gasteiger partial charge in [-0.05, 0) is 62.7 Å². The summed E-state index contributed by atoms with van der Waals surface area (Å²) in [5, 5.41) is 2.74. The molecular weight excluding hydrogens is 374 g/mol. The molecule has 0 heterocycles. The van der Waals surface area contributed by atoms with Gasteiger partial charge in [0.25, 0.3) is 5.91 Å². The van der Waals surface area contributed by atoms with Crippen LogP contribution in [0.15, 0.2) is 42.5 Å². The van der Waals surface area contributed by atoms with Crippen LogP contribution in [0.25, 0.3) is 0 Å². The number of rotatable bonds is 9. The summed E-state index contributed by atoms with van der Waals surface area (Å²) in [7, 11) is 3.10. The molecule has 7 nitrogen and oxygen atoms in total. The van der Waals surface area contributed by atoms with E-state index in [0.717, 1.165) is 5.56 Å².